The first-order chi connectivity index (χ1) is 16.3. The molecule has 2 atom stereocenters. The number of hydrogen-bond acceptors (Lipinski definition) is 5. The third kappa shape index (κ3) is 7.33. The van der Waals surface area contributed by atoms with Crippen LogP contribution in [0.5, 0.6) is 0 Å². The number of aromatic nitrogens is 1. The van der Waals surface area contributed by atoms with Gasteiger partial charge in [0, 0.05) is 25.3 Å². The van der Waals surface area contributed by atoms with E-state index in [0.717, 1.165) is 40.9 Å². The van der Waals surface area contributed by atoms with Crippen LogP contribution in [0.25, 0.3) is 10.2 Å². The Kier molecular flexibility index (Phi) is 9.57. The van der Waals surface area contributed by atoms with Crippen LogP contribution < -0.4 is 5.32 Å². The Morgan fingerprint density at radius 1 is 1.21 bits per heavy atom. The zero-order valence-corrected chi connectivity index (χ0v) is 21.6. The molecule has 0 spiro atoms. The highest BCUT2D eigenvalue weighted by Gasteiger charge is 2.29. The van der Waals surface area contributed by atoms with Crippen LogP contribution in [0.1, 0.15) is 88.6 Å². The predicted octanol–water partition coefficient (Wildman–Crippen LogP) is 6.16. The van der Waals surface area contributed by atoms with E-state index >= 15 is 0 Å². The molecule has 1 saturated carbocycles. The topological polar surface area (TPSA) is 76.1 Å². The molecule has 1 aliphatic carbocycles. The Morgan fingerprint density at radius 2 is 1.94 bits per heavy atom. The molecule has 0 unspecified atom stereocenters. The molecule has 1 amide bonds. The van der Waals surface area contributed by atoms with Crippen LogP contribution in [0.4, 0.5) is 0 Å². The van der Waals surface area contributed by atoms with Gasteiger partial charge in [-0.3, -0.25) is 9.59 Å². The van der Waals surface area contributed by atoms with Gasteiger partial charge < -0.3 is 10.1 Å². The number of allylic oxidation sites excluding steroid dienone is 1. The maximum atomic E-state index is 13.4. The molecule has 0 aliphatic heterocycles. The molecule has 1 aliphatic rings. The number of fused-ring (bicyclic) bond motifs is 1. The van der Waals surface area contributed by atoms with Crippen molar-refractivity contribution in [3.63, 3.8) is 0 Å². The lowest BCUT2D eigenvalue weighted by atomic mass is 9.81. The van der Waals surface area contributed by atoms with Crippen LogP contribution in [0.15, 0.2) is 30.9 Å². The van der Waals surface area contributed by atoms with E-state index < -0.39 is 5.92 Å². The standard InChI is InChI=1S/C28H38N2O3S/c1-5-23(32)12-14-24(20-9-7-6-8-10-20)30-28(33)22(15-19(4)31)17-27-29-25-13-11-21(18(2)3)16-26(25)34-27/h5,11,13,16,18,20,22,24H,1,6-10,12,14-15,17H2,2-4H3,(H,30,33)/t22-,24+/m0/s1. The summed E-state index contributed by atoms with van der Waals surface area (Å²) in [4.78, 5) is 42.1. The predicted molar refractivity (Wildman–Crippen MR) is 139 cm³/mol. The molecular weight excluding hydrogens is 444 g/mol. The number of carbonyl (C=O) groups is 3. The van der Waals surface area contributed by atoms with E-state index in [2.05, 4.69) is 37.9 Å². The molecule has 1 fully saturated rings. The first-order valence-electron chi connectivity index (χ1n) is 12.6. The second kappa shape index (κ2) is 12.4. The molecule has 1 aromatic heterocycles. The molecule has 1 aromatic carbocycles. The van der Waals surface area contributed by atoms with Gasteiger partial charge in [0.15, 0.2) is 5.78 Å². The van der Waals surface area contributed by atoms with Gasteiger partial charge in [0.05, 0.1) is 21.1 Å². The average Bonchev–Trinajstić information content (AvgIpc) is 3.22. The van der Waals surface area contributed by atoms with Crippen molar-refractivity contribution in [3.8, 4) is 0 Å². The van der Waals surface area contributed by atoms with E-state index in [0.29, 0.717) is 31.1 Å². The van der Waals surface area contributed by atoms with Gasteiger partial charge in [0.25, 0.3) is 0 Å². The Hall–Kier alpha value is -2.34. The first kappa shape index (κ1) is 26.3. The molecular formula is C28H38N2O3S. The largest absolute Gasteiger partial charge is 0.353 e. The Labute approximate surface area is 207 Å². The maximum Gasteiger partial charge on any atom is 0.224 e. The van der Waals surface area contributed by atoms with Gasteiger partial charge in [0.2, 0.25) is 5.91 Å². The normalized spacial score (nSPS) is 16.4. The van der Waals surface area contributed by atoms with Gasteiger partial charge in [-0.2, -0.15) is 0 Å². The minimum atomic E-state index is -0.455. The molecule has 5 nitrogen and oxygen atoms in total. The number of ketones is 2. The van der Waals surface area contributed by atoms with E-state index in [4.69, 9.17) is 4.98 Å². The van der Waals surface area contributed by atoms with Gasteiger partial charge >= 0.3 is 0 Å². The van der Waals surface area contributed by atoms with Crippen molar-refractivity contribution in [2.24, 2.45) is 11.8 Å². The van der Waals surface area contributed by atoms with Crippen molar-refractivity contribution in [1.29, 1.82) is 0 Å². The molecule has 6 heteroatoms. The van der Waals surface area contributed by atoms with Crippen LogP contribution in [0, 0.1) is 11.8 Å². The molecule has 2 aromatic rings. The smallest absolute Gasteiger partial charge is 0.224 e. The van der Waals surface area contributed by atoms with Crippen molar-refractivity contribution in [1.82, 2.24) is 10.3 Å². The van der Waals surface area contributed by atoms with E-state index in [9.17, 15) is 14.4 Å². The molecule has 1 N–H and O–H groups in total. The zero-order valence-electron chi connectivity index (χ0n) is 20.8. The number of amides is 1. The highest BCUT2D eigenvalue weighted by Crippen LogP contribution is 2.30. The van der Waals surface area contributed by atoms with Gasteiger partial charge in [-0.25, -0.2) is 4.98 Å². The number of nitrogens with zero attached hydrogens (tertiary/aromatic N) is 1. The third-order valence-corrected chi connectivity index (χ3v) is 7.97. The summed E-state index contributed by atoms with van der Waals surface area (Å²) in [5.41, 5.74) is 2.21. The molecule has 184 valence electrons. The molecule has 34 heavy (non-hydrogen) atoms. The fourth-order valence-electron chi connectivity index (χ4n) is 4.91. The van der Waals surface area contributed by atoms with Crippen molar-refractivity contribution in [2.75, 3.05) is 0 Å². The first-order valence-corrected chi connectivity index (χ1v) is 13.4. The van der Waals surface area contributed by atoms with Gasteiger partial charge in [-0.15, -0.1) is 11.3 Å². The highest BCUT2D eigenvalue weighted by molar-refractivity contribution is 7.18. The van der Waals surface area contributed by atoms with E-state index in [1.54, 1.807) is 11.3 Å². The van der Waals surface area contributed by atoms with Gasteiger partial charge in [0.1, 0.15) is 5.78 Å². The minimum Gasteiger partial charge on any atom is -0.353 e. The lowest BCUT2D eigenvalue weighted by molar-refractivity contribution is -0.130. The van der Waals surface area contributed by atoms with Crippen LogP contribution in [0.3, 0.4) is 0 Å². The van der Waals surface area contributed by atoms with Crippen LogP contribution in [-0.4, -0.2) is 28.5 Å². The fraction of sp³-hybridized carbons (Fsp3) is 0.571. The lowest BCUT2D eigenvalue weighted by Crippen LogP contribution is -2.44. The number of carbonyl (C=O) groups excluding carboxylic acids is 3. The minimum absolute atomic E-state index is 0.000549. The fourth-order valence-corrected chi connectivity index (χ4v) is 6.01. The Balaban J connectivity index is 1.76. The maximum absolute atomic E-state index is 13.4. The third-order valence-electron chi connectivity index (χ3n) is 6.93. The molecule has 3 rings (SSSR count). The molecule has 0 saturated heterocycles. The number of Topliss-reactive ketones (excluding diaryl/α,β-unsaturated/α-hetero) is 1. The van der Waals surface area contributed by atoms with Crippen LogP contribution in [-0.2, 0) is 20.8 Å². The summed E-state index contributed by atoms with van der Waals surface area (Å²) in [5.74, 6) is 0.272. The van der Waals surface area contributed by atoms with Crippen molar-refractivity contribution < 1.29 is 14.4 Å². The highest BCUT2D eigenvalue weighted by atomic mass is 32.1. The van der Waals surface area contributed by atoms with Crippen molar-refractivity contribution >= 4 is 39.0 Å². The Morgan fingerprint density at radius 3 is 2.59 bits per heavy atom. The summed E-state index contributed by atoms with van der Waals surface area (Å²) >= 11 is 1.61. The number of benzene rings is 1. The lowest BCUT2D eigenvalue weighted by Gasteiger charge is -2.32. The molecule has 0 bridgehead atoms. The monoisotopic (exact) mass is 482 g/mol. The van der Waals surface area contributed by atoms with E-state index in [1.807, 2.05) is 6.07 Å². The van der Waals surface area contributed by atoms with Gasteiger partial charge in [-0.1, -0.05) is 45.8 Å². The van der Waals surface area contributed by atoms with Crippen LogP contribution >= 0.6 is 11.3 Å². The molecule has 0 radical (unpaired) electrons. The van der Waals surface area contributed by atoms with Crippen molar-refractivity contribution in [3.05, 3.63) is 41.4 Å². The number of nitrogens with one attached hydrogen (secondary N) is 1. The second-order valence-corrected chi connectivity index (χ2v) is 11.1. The summed E-state index contributed by atoms with van der Waals surface area (Å²) in [5, 5.41) is 4.13. The number of rotatable bonds is 12. The SMILES string of the molecule is C=CC(=O)CC[C@@H](NC(=O)[C@@H](CC(C)=O)Cc1nc2ccc(C(C)C)cc2s1)C1CCCCC1. The average molecular weight is 483 g/mol. The summed E-state index contributed by atoms with van der Waals surface area (Å²) in [6.07, 6.45) is 8.70. The van der Waals surface area contributed by atoms with E-state index in [-0.39, 0.29) is 29.9 Å². The summed E-state index contributed by atoms with van der Waals surface area (Å²) in [7, 11) is 0. The van der Waals surface area contributed by atoms with Gasteiger partial charge in [-0.05, 0) is 61.8 Å². The molecule has 1 heterocycles. The number of hydrogen-bond donors (Lipinski definition) is 1. The van der Waals surface area contributed by atoms with E-state index in [1.165, 1.54) is 25.0 Å². The van der Waals surface area contributed by atoms with Crippen molar-refractivity contribution in [2.45, 2.75) is 90.5 Å². The summed E-state index contributed by atoms with van der Waals surface area (Å²) < 4.78 is 1.12. The summed E-state index contributed by atoms with van der Waals surface area (Å²) in [6.45, 7) is 9.45. The second-order valence-electron chi connectivity index (χ2n) is 10.0. The number of thiazole rings is 1. The zero-order chi connectivity index (χ0) is 24.7. The van der Waals surface area contributed by atoms with Crippen LogP contribution in [0.2, 0.25) is 0 Å². The summed E-state index contributed by atoms with van der Waals surface area (Å²) in [6, 6.07) is 6.28. The quantitative estimate of drug-likeness (QED) is 0.368. The Bertz CT molecular complexity index is 1020.